The van der Waals surface area contributed by atoms with Gasteiger partial charge in [0.1, 0.15) is 12.4 Å². The summed E-state index contributed by atoms with van der Waals surface area (Å²) in [6.45, 7) is 6.55. The van der Waals surface area contributed by atoms with E-state index in [2.05, 4.69) is 26.8 Å². The smallest absolute Gasteiger partial charge is 0.287 e. The number of rotatable bonds is 6. The Bertz CT molecular complexity index is 796. The number of nitrogens with zero attached hydrogens (tertiary/aromatic N) is 1. The van der Waals surface area contributed by atoms with Crippen molar-refractivity contribution in [3.63, 3.8) is 0 Å². The van der Waals surface area contributed by atoms with Gasteiger partial charge < -0.3 is 9.94 Å². The van der Waals surface area contributed by atoms with Crippen LogP contribution >= 0.6 is 0 Å². The summed E-state index contributed by atoms with van der Waals surface area (Å²) in [6, 6.07) is 8.30. The molecular weight excluding hydrogens is 290 g/mol. The van der Waals surface area contributed by atoms with Crippen LogP contribution in [-0.2, 0) is 0 Å². The fourth-order valence-corrected chi connectivity index (χ4v) is 2.32. The van der Waals surface area contributed by atoms with Gasteiger partial charge in [-0.1, -0.05) is 29.4 Å². The number of benzene rings is 1. The third kappa shape index (κ3) is 4.49. The van der Waals surface area contributed by atoms with Gasteiger partial charge in [-0.25, -0.2) is 0 Å². The van der Waals surface area contributed by atoms with Crippen LogP contribution in [0.15, 0.2) is 58.4 Å². The molecular formula is C19H23NO3. The molecule has 4 heteroatoms. The lowest BCUT2D eigenvalue weighted by molar-refractivity contribution is 0.136. The lowest BCUT2D eigenvalue weighted by Gasteiger charge is -2.11. The summed E-state index contributed by atoms with van der Waals surface area (Å²) >= 11 is 0. The number of allylic oxidation sites excluding steroid dienone is 3. The molecule has 0 spiro atoms. The molecule has 1 aromatic carbocycles. The fourth-order valence-electron chi connectivity index (χ4n) is 2.32. The van der Waals surface area contributed by atoms with Crippen LogP contribution in [0, 0.1) is 0 Å². The molecule has 0 saturated heterocycles. The van der Waals surface area contributed by atoms with E-state index in [9.17, 15) is 9.90 Å². The van der Waals surface area contributed by atoms with Gasteiger partial charge in [0, 0.05) is 11.5 Å². The molecule has 1 heterocycles. The standard InChI is InChI=1S/C19H23NO3/c1-14(2)7-6-8-15(3)11-12-23-20-17-10-5-4-9-16(17)18(21)13-19(20)22/h4-5,7,9-11,13,21H,6,8,12H2,1-3H3/b15-11+. The van der Waals surface area contributed by atoms with E-state index >= 15 is 0 Å². The summed E-state index contributed by atoms with van der Waals surface area (Å²) < 4.78 is 1.23. The van der Waals surface area contributed by atoms with Gasteiger partial charge in [-0.05, 0) is 51.8 Å². The molecule has 122 valence electrons. The van der Waals surface area contributed by atoms with E-state index in [1.54, 1.807) is 12.1 Å². The fraction of sp³-hybridized carbons (Fsp3) is 0.316. The van der Waals surface area contributed by atoms with Crippen molar-refractivity contribution in [3.05, 3.63) is 64.0 Å². The van der Waals surface area contributed by atoms with Crippen LogP contribution < -0.4 is 10.4 Å². The van der Waals surface area contributed by atoms with Gasteiger partial charge in [0.15, 0.2) is 0 Å². The molecule has 2 rings (SSSR count). The van der Waals surface area contributed by atoms with E-state index < -0.39 is 0 Å². The maximum absolute atomic E-state index is 12.0. The predicted molar refractivity (Wildman–Crippen MR) is 93.7 cm³/mol. The van der Waals surface area contributed by atoms with Gasteiger partial charge in [0.05, 0.1) is 5.52 Å². The molecule has 0 fully saturated rings. The topological polar surface area (TPSA) is 51.5 Å². The molecule has 1 aromatic heterocycles. The highest BCUT2D eigenvalue weighted by Crippen LogP contribution is 2.21. The zero-order valence-corrected chi connectivity index (χ0v) is 13.9. The van der Waals surface area contributed by atoms with Gasteiger partial charge in [-0.2, -0.15) is 0 Å². The Morgan fingerprint density at radius 3 is 2.70 bits per heavy atom. The predicted octanol–water partition coefficient (Wildman–Crippen LogP) is 3.83. The van der Waals surface area contributed by atoms with E-state index in [-0.39, 0.29) is 11.3 Å². The quantitative estimate of drug-likeness (QED) is 0.825. The highest BCUT2D eigenvalue weighted by atomic mass is 16.7. The van der Waals surface area contributed by atoms with Crippen LogP contribution in [0.5, 0.6) is 5.75 Å². The van der Waals surface area contributed by atoms with Gasteiger partial charge in [-0.3, -0.25) is 4.79 Å². The van der Waals surface area contributed by atoms with E-state index in [1.807, 2.05) is 18.2 Å². The second-order valence-corrected chi connectivity index (χ2v) is 5.85. The summed E-state index contributed by atoms with van der Waals surface area (Å²) in [7, 11) is 0. The van der Waals surface area contributed by atoms with E-state index in [0.717, 1.165) is 12.8 Å². The van der Waals surface area contributed by atoms with Crippen molar-refractivity contribution in [3.8, 4) is 5.75 Å². The first-order valence-electron chi connectivity index (χ1n) is 7.75. The molecule has 0 bridgehead atoms. The zero-order chi connectivity index (χ0) is 16.8. The third-order valence-corrected chi connectivity index (χ3v) is 3.59. The molecule has 23 heavy (non-hydrogen) atoms. The van der Waals surface area contributed by atoms with Crippen LogP contribution in [0.3, 0.4) is 0 Å². The van der Waals surface area contributed by atoms with Crippen LogP contribution in [0.2, 0.25) is 0 Å². The maximum atomic E-state index is 12.0. The van der Waals surface area contributed by atoms with E-state index in [0.29, 0.717) is 17.5 Å². The third-order valence-electron chi connectivity index (χ3n) is 3.59. The maximum Gasteiger partial charge on any atom is 0.287 e. The molecule has 1 N–H and O–H groups in total. The molecule has 0 amide bonds. The van der Waals surface area contributed by atoms with E-state index in [4.69, 9.17) is 4.84 Å². The Hall–Kier alpha value is -2.49. The molecule has 2 aromatic rings. The van der Waals surface area contributed by atoms with Gasteiger partial charge in [-0.15, -0.1) is 4.73 Å². The molecule has 0 radical (unpaired) electrons. The summed E-state index contributed by atoms with van der Waals surface area (Å²) in [6.07, 6.45) is 6.16. The van der Waals surface area contributed by atoms with Crippen LogP contribution in [-0.4, -0.2) is 16.4 Å². The number of hydrogen-bond acceptors (Lipinski definition) is 3. The Balaban J connectivity index is 2.11. The van der Waals surface area contributed by atoms with Crippen LogP contribution in [0.4, 0.5) is 0 Å². The number of para-hydroxylation sites is 1. The summed E-state index contributed by atoms with van der Waals surface area (Å²) in [4.78, 5) is 17.6. The van der Waals surface area contributed by atoms with Gasteiger partial charge in [0.25, 0.3) is 5.56 Å². The number of hydrogen-bond donors (Lipinski definition) is 1. The van der Waals surface area contributed by atoms with Crippen LogP contribution in [0.25, 0.3) is 10.9 Å². The van der Waals surface area contributed by atoms with Crippen molar-refractivity contribution < 1.29 is 9.94 Å². The molecule has 0 aliphatic carbocycles. The van der Waals surface area contributed by atoms with Gasteiger partial charge >= 0.3 is 0 Å². The highest BCUT2D eigenvalue weighted by Gasteiger charge is 2.07. The molecule has 0 aliphatic rings. The highest BCUT2D eigenvalue weighted by molar-refractivity contribution is 5.84. The SMILES string of the molecule is CC(C)=CCC/C(C)=C/COn1c(=O)cc(O)c2ccccc21. The average molecular weight is 313 g/mol. The minimum absolute atomic E-state index is 0.0288. The average Bonchev–Trinajstić information content (AvgIpc) is 2.50. The molecule has 0 saturated carbocycles. The normalized spacial score (nSPS) is 11.5. The number of aromatic nitrogens is 1. The Kier molecular flexibility index (Phi) is 5.63. The summed E-state index contributed by atoms with van der Waals surface area (Å²) in [5.41, 5.74) is 2.72. The molecule has 4 nitrogen and oxygen atoms in total. The minimum atomic E-state index is -0.378. The first-order chi connectivity index (χ1) is 11.0. The Morgan fingerprint density at radius 2 is 1.96 bits per heavy atom. The summed E-state index contributed by atoms with van der Waals surface area (Å²) in [5.74, 6) is -0.0288. The lowest BCUT2D eigenvalue weighted by atomic mass is 10.1. The molecule has 0 unspecified atom stereocenters. The first kappa shape index (κ1) is 16.9. The van der Waals surface area contributed by atoms with Crippen molar-refractivity contribution in [2.24, 2.45) is 0 Å². The summed E-state index contributed by atoms with van der Waals surface area (Å²) in [5, 5.41) is 10.4. The van der Waals surface area contributed by atoms with Gasteiger partial charge in [0.2, 0.25) is 0 Å². The molecule has 0 atom stereocenters. The van der Waals surface area contributed by atoms with E-state index in [1.165, 1.54) is 21.9 Å². The van der Waals surface area contributed by atoms with Crippen molar-refractivity contribution in [1.29, 1.82) is 0 Å². The van der Waals surface area contributed by atoms with Crippen molar-refractivity contribution in [1.82, 2.24) is 4.73 Å². The zero-order valence-electron chi connectivity index (χ0n) is 13.9. The largest absolute Gasteiger partial charge is 0.507 e. The second kappa shape index (κ2) is 7.68. The first-order valence-corrected chi connectivity index (χ1v) is 7.75. The number of fused-ring (bicyclic) bond motifs is 1. The number of pyridine rings is 1. The van der Waals surface area contributed by atoms with Crippen molar-refractivity contribution >= 4 is 10.9 Å². The molecule has 0 aliphatic heterocycles. The Labute approximate surface area is 136 Å². The minimum Gasteiger partial charge on any atom is -0.507 e. The van der Waals surface area contributed by atoms with Crippen LogP contribution in [0.1, 0.15) is 33.6 Å². The van der Waals surface area contributed by atoms with Crippen molar-refractivity contribution in [2.75, 3.05) is 6.61 Å². The monoisotopic (exact) mass is 313 g/mol. The lowest BCUT2D eigenvalue weighted by Crippen LogP contribution is -2.26. The Morgan fingerprint density at radius 1 is 1.22 bits per heavy atom. The van der Waals surface area contributed by atoms with Crippen molar-refractivity contribution in [2.45, 2.75) is 33.6 Å². The number of aromatic hydroxyl groups is 1. The second-order valence-electron chi connectivity index (χ2n) is 5.85.